The van der Waals surface area contributed by atoms with Crippen molar-refractivity contribution < 1.29 is 9.32 Å². The van der Waals surface area contributed by atoms with E-state index in [0.717, 1.165) is 28.4 Å². The first-order valence-electron chi connectivity index (χ1n) is 8.60. The molecule has 26 heavy (non-hydrogen) atoms. The van der Waals surface area contributed by atoms with E-state index in [1.54, 1.807) is 6.20 Å². The number of piperidine rings is 1. The highest BCUT2D eigenvalue weighted by atomic mass is 32.1. The molecule has 0 bridgehead atoms. The largest absolute Gasteiger partial charge is 0.338 e. The van der Waals surface area contributed by atoms with Gasteiger partial charge in [-0.3, -0.25) is 9.78 Å². The van der Waals surface area contributed by atoms with Gasteiger partial charge in [0.05, 0.1) is 10.7 Å². The molecule has 134 valence electrons. The number of carbonyl (C=O) groups excluding carboxylic acids is 1. The van der Waals surface area contributed by atoms with Crippen molar-refractivity contribution in [2.75, 3.05) is 13.1 Å². The second-order valence-corrected chi connectivity index (χ2v) is 7.59. The van der Waals surface area contributed by atoms with Gasteiger partial charge < -0.3 is 9.42 Å². The zero-order chi connectivity index (χ0) is 18.1. The van der Waals surface area contributed by atoms with Gasteiger partial charge in [0.25, 0.3) is 11.8 Å². The number of carbonyl (C=O) groups is 1. The van der Waals surface area contributed by atoms with Crippen LogP contribution in [-0.4, -0.2) is 44.0 Å². The minimum Gasteiger partial charge on any atom is -0.338 e. The highest BCUT2D eigenvalue weighted by Crippen LogP contribution is 2.29. The summed E-state index contributed by atoms with van der Waals surface area (Å²) in [6.45, 7) is 5.19. The third-order valence-electron chi connectivity index (χ3n) is 4.57. The van der Waals surface area contributed by atoms with E-state index in [0.29, 0.717) is 30.5 Å². The van der Waals surface area contributed by atoms with Crippen LogP contribution in [0.1, 0.15) is 45.0 Å². The average Bonchev–Trinajstić information content (AvgIpc) is 3.29. The van der Waals surface area contributed by atoms with Gasteiger partial charge in [-0.25, -0.2) is 4.98 Å². The molecule has 4 rings (SSSR count). The fourth-order valence-electron chi connectivity index (χ4n) is 3.21. The lowest BCUT2D eigenvalue weighted by atomic mass is 9.96. The van der Waals surface area contributed by atoms with Crippen molar-refractivity contribution in [2.24, 2.45) is 0 Å². The molecule has 1 amide bonds. The molecule has 1 saturated heterocycles. The van der Waals surface area contributed by atoms with Crippen LogP contribution in [0, 0.1) is 13.8 Å². The van der Waals surface area contributed by atoms with Gasteiger partial charge in [0.15, 0.2) is 5.82 Å². The summed E-state index contributed by atoms with van der Waals surface area (Å²) in [5.74, 6) is 1.41. The number of pyridine rings is 1. The lowest BCUT2D eigenvalue weighted by Gasteiger charge is -2.30. The van der Waals surface area contributed by atoms with Crippen LogP contribution in [0.2, 0.25) is 0 Å². The highest BCUT2D eigenvalue weighted by Gasteiger charge is 2.29. The molecule has 1 aliphatic heterocycles. The van der Waals surface area contributed by atoms with Crippen LogP contribution in [-0.2, 0) is 0 Å². The molecule has 7 nitrogen and oxygen atoms in total. The smallest absolute Gasteiger partial charge is 0.276 e. The predicted molar refractivity (Wildman–Crippen MR) is 97.0 cm³/mol. The molecule has 0 aliphatic carbocycles. The van der Waals surface area contributed by atoms with E-state index >= 15 is 0 Å². The maximum absolute atomic E-state index is 12.7. The van der Waals surface area contributed by atoms with Crippen LogP contribution >= 0.6 is 11.3 Å². The zero-order valence-electron chi connectivity index (χ0n) is 14.7. The summed E-state index contributed by atoms with van der Waals surface area (Å²) in [4.78, 5) is 28.4. The molecular weight excluding hydrogens is 350 g/mol. The predicted octanol–water partition coefficient (Wildman–Crippen LogP) is 3.22. The van der Waals surface area contributed by atoms with Gasteiger partial charge >= 0.3 is 0 Å². The van der Waals surface area contributed by atoms with Crippen LogP contribution in [0.4, 0.5) is 0 Å². The molecule has 0 saturated carbocycles. The lowest BCUT2D eigenvalue weighted by molar-refractivity contribution is 0.0714. The fraction of sp³-hybridized carbons (Fsp3) is 0.389. The average molecular weight is 369 g/mol. The molecular formula is C18H19N5O2S. The van der Waals surface area contributed by atoms with Gasteiger partial charge in [-0.15, -0.1) is 11.3 Å². The maximum atomic E-state index is 12.7. The van der Waals surface area contributed by atoms with Crippen molar-refractivity contribution in [1.29, 1.82) is 0 Å². The number of thiazole rings is 1. The van der Waals surface area contributed by atoms with Crippen molar-refractivity contribution >= 4 is 17.2 Å². The summed E-state index contributed by atoms with van der Waals surface area (Å²) in [6.07, 6.45) is 3.35. The Hall–Kier alpha value is -2.61. The number of nitrogens with zero attached hydrogens (tertiary/aromatic N) is 5. The number of hydrogen-bond donors (Lipinski definition) is 0. The van der Waals surface area contributed by atoms with Gasteiger partial charge in [0.2, 0.25) is 0 Å². The molecule has 1 fully saturated rings. The lowest BCUT2D eigenvalue weighted by Crippen LogP contribution is -2.38. The van der Waals surface area contributed by atoms with Gasteiger partial charge in [0, 0.05) is 25.2 Å². The van der Waals surface area contributed by atoms with E-state index in [4.69, 9.17) is 4.52 Å². The van der Waals surface area contributed by atoms with Gasteiger partial charge in [0.1, 0.15) is 10.6 Å². The number of aryl methyl sites for hydroxylation is 2. The van der Waals surface area contributed by atoms with E-state index in [1.807, 2.05) is 36.9 Å². The van der Waals surface area contributed by atoms with Crippen LogP contribution < -0.4 is 0 Å². The second-order valence-electron chi connectivity index (χ2n) is 6.39. The quantitative estimate of drug-likeness (QED) is 0.705. The van der Waals surface area contributed by atoms with Crippen molar-refractivity contribution in [3.05, 3.63) is 45.8 Å². The standard InChI is InChI=1S/C18H19N5O2S/c1-11-15(26-12(2)20-11)18(24)23-9-6-13(7-10-23)16-21-17(25-22-16)14-5-3-4-8-19-14/h3-5,8,13H,6-7,9-10H2,1-2H3. The Morgan fingerprint density at radius 1 is 1.23 bits per heavy atom. The van der Waals surface area contributed by atoms with Crippen LogP contribution in [0.3, 0.4) is 0 Å². The minimum absolute atomic E-state index is 0.0776. The first kappa shape index (κ1) is 16.8. The number of aromatic nitrogens is 4. The molecule has 4 heterocycles. The van der Waals surface area contributed by atoms with Gasteiger partial charge in [-0.1, -0.05) is 11.2 Å². The number of amides is 1. The highest BCUT2D eigenvalue weighted by molar-refractivity contribution is 7.13. The Balaban J connectivity index is 1.42. The molecule has 0 radical (unpaired) electrons. The molecule has 0 atom stereocenters. The van der Waals surface area contributed by atoms with Crippen molar-refractivity contribution in [2.45, 2.75) is 32.6 Å². The van der Waals surface area contributed by atoms with Gasteiger partial charge in [-0.2, -0.15) is 4.98 Å². The summed E-state index contributed by atoms with van der Waals surface area (Å²) in [7, 11) is 0. The number of rotatable bonds is 3. The molecule has 3 aromatic heterocycles. The third kappa shape index (κ3) is 3.24. The Morgan fingerprint density at radius 3 is 2.69 bits per heavy atom. The molecule has 3 aromatic rings. The van der Waals surface area contributed by atoms with E-state index in [2.05, 4.69) is 20.1 Å². The Labute approximate surface area is 155 Å². The summed E-state index contributed by atoms with van der Waals surface area (Å²) in [5.41, 5.74) is 1.49. The molecule has 0 spiro atoms. The van der Waals surface area contributed by atoms with Crippen LogP contribution in [0.15, 0.2) is 28.9 Å². The van der Waals surface area contributed by atoms with E-state index < -0.39 is 0 Å². The van der Waals surface area contributed by atoms with Gasteiger partial charge in [-0.05, 0) is 38.8 Å². The SMILES string of the molecule is Cc1nc(C)c(C(=O)N2CCC(c3noc(-c4ccccn4)n3)CC2)s1. The van der Waals surface area contributed by atoms with E-state index in [-0.39, 0.29) is 11.8 Å². The van der Waals surface area contributed by atoms with E-state index in [9.17, 15) is 4.79 Å². The summed E-state index contributed by atoms with van der Waals surface area (Å²) < 4.78 is 5.36. The topological polar surface area (TPSA) is 85.0 Å². The maximum Gasteiger partial charge on any atom is 0.276 e. The first-order valence-corrected chi connectivity index (χ1v) is 9.42. The molecule has 8 heteroatoms. The third-order valence-corrected chi connectivity index (χ3v) is 5.63. The minimum atomic E-state index is 0.0776. The molecule has 0 unspecified atom stereocenters. The summed E-state index contributed by atoms with van der Waals surface area (Å²) >= 11 is 1.47. The monoisotopic (exact) mass is 369 g/mol. The Morgan fingerprint density at radius 2 is 2.04 bits per heavy atom. The number of likely N-dealkylation sites (tertiary alicyclic amines) is 1. The normalized spacial score (nSPS) is 15.4. The second kappa shape index (κ2) is 6.95. The van der Waals surface area contributed by atoms with Crippen LogP contribution in [0.5, 0.6) is 0 Å². The first-order chi connectivity index (χ1) is 12.6. The molecule has 0 N–H and O–H groups in total. The summed E-state index contributed by atoms with van der Waals surface area (Å²) in [6, 6.07) is 5.58. The van der Waals surface area contributed by atoms with Crippen molar-refractivity contribution in [3.8, 4) is 11.6 Å². The Bertz CT molecular complexity index is 913. The molecule has 0 aromatic carbocycles. The Kier molecular flexibility index (Phi) is 4.50. The fourth-order valence-corrected chi connectivity index (χ4v) is 4.10. The zero-order valence-corrected chi connectivity index (χ0v) is 15.5. The number of hydrogen-bond acceptors (Lipinski definition) is 7. The summed E-state index contributed by atoms with van der Waals surface area (Å²) in [5, 5.41) is 5.05. The van der Waals surface area contributed by atoms with E-state index in [1.165, 1.54) is 11.3 Å². The van der Waals surface area contributed by atoms with Crippen molar-refractivity contribution in [1.82, 2.24) is 25.0 Å². The van der Waals surface area contributed by atoms with Crippen molar-refractivity contribution in [3.63, 3.8) is 0 Å². The van der Waals surface area contributed by atoms with Crippen LogP contribution in [0.25, 0.3) is 11.6 Å². The molecule has 1 aliphatic rings.